The van der Waals surface area contributed by atoms with Gasteiger partial charge in [0.25, 0.3) is 11.5 Å². The Hall–Kier alpha value is -4.44. The number of carbonyl (C=O) groups is 3. The molecule has 3 heterocycles. The molecule has 1 fully saturated rings. The molecule has 5 rings (SSSR count). The van der Waals surface area contributed by atoms with Crippen LogP contribution in [-0.4, -0.2) is 71.1 Å². The number of Topliss-reactive ketones (excluding diaryl/α,β-unsaturated/α-hetero) is 1. The van der Waals surface area contributed by atoms with E-state index in [1.165, 1.54) is 11.7 Å². The number of rotatable bonds is 10. The highest BCUT2D eigenvalue weighted by molar-refractivity contribution is 6.12. The molecule has 1 aliphatic rings. The lowest BCUT2D eigenvalue weighted by Crippen LogP contribution is -2.47. The summed E-state index contributed by atoms with van der Waals surface area (Å²) >= 11 is 0. The molecule has 2 aromatic carbocycles. The first kappa shape index (κ1) is 29.1. The molecule has 42 heavy (non-hydrogen) atoms. The van der Waals surface area contributed by atoms with Crippen molar-refractivity contribution in [3.8, 4) is 5.75 Å². The van der Waals surface area contributed by atoms with Gasteiger partial charge in [-0.3, -0.25) is 23.7 Å². The van der Waals surface area contributed by atoms with Crippen molar-refractivity contribution >= 4 is 39.4 Å². The maximum absolute atomic E-state index is 14.0. The van der Waals surface area contributed by atoms with Gasteiger partial charge in [-0.15, -0.1) is 0 Å². The number of piperidine rings is 1. The van der Waals surface area contributed by atoms with Gasteiger partial charge in [-0.2, -0.15) is 0 Å². The lowest BCUT2D eigenvalue weighted by atomic mass is 10.0. The van der Waals surface area contributed by atoms with Crippen LogP contribution >= 0.6 is 0 Å². The standard InChI is InChI=1S/C32H36N4O6/c1-4-42-19-16-26(38)35-17-14-22(15-18-35)33-31(39)29-30(41-3)27-28(34(29)2)23-12-8-9-13-24(23)36(32(27)40)20-25(37)21-10-6-5-7-11-21/h5-13,22H,4,14-20H2,1-3H3,(H,33,39). The molecule has 4 aromatic rings. The Morgan fingerprint density at radius 1 is 1.00 bits per heavy atom. The fourth-order valence-corrected chi connectivity index (χ4v) is 5.78. The number of nitrogens with zero attached hydrogens (tertiary/aromatic N) is 3. The smallest absolute Gasteiger partial charge is 0.272 e. The fourth-order valence-electron chi connectivity index (χ4n) is 5.78. The van der Waals surface area contributed by atoms with Crippen LogP contribution in [0.5, 0.6) is 5.75 Å². The van der Waals surface area contributed by atoms with Crippen LogP contribution in [-0.2, 0) is 23.1 Å². The number of hydrogen-bond acceptors (Lipinski definition) is 6. The molecule has 0 aliphatic carbocycles. The monoisotopic (exact) mass is 572 g/mol. The second-order valence-corrected chi connectivity index (χ2v) is 10.4. The second kappa shape index (κ2) is 12.6. The van der Waals surface area contributed by atoms with Crippen LogP contribution in [0.1, 0.15) is 47.0 Å². The Morgan fingerprint density at radius 3 is 2.38 bits per heavy atom. The van der Waals surface area contributed by atoms with E-state index in [0.29, 0.717) is 62.2 Å². The summed E-state index contributed by atoms with van der Waals surface area (Å²) in [5.74, 6) is -0.331. The van der Waals surface area contributed by atoms with E-state index in [1.54, 1.807) is 41.9 Å². The number of benzene rings is 2. The van der Waals surface area contributed by atoms with Crippen molar-refractivity contribution in [2.75, 3.05) is 33.4 Å². The van der Waals surface area contributed by atoms with Gasteiger partial charge in [0.2, 0.25) is 5.91 Å². The van der Waals surface area contributed by atoms with Crippen molar-refractivity contribution < 1.29 is 23.9 Å². The number of nitrogens with one attached hydrogen (secondary N) is 1. The van der Waals surface area contributed by atoms with Crippen LogP contribution in [0.2, 0.25) is 0 Å². The van der Waals surface area contributed by atoms with E-state index < -0.39 is 5.56 Å². The predicted molar refractivity (Wildman–Crippen MR) is 160 cm³/mol. The normalized spacial score (nSPS) is 13.9. The molecule has 2 amide bonds. The van der Waals surface area contributed by atoms with Crippen LogP contribution < -0.4 is 15.6 Å². The maximum atomic E-state index is 14.0. The van der Waals surface area contributed by atoms with Crippen molar-refractivity contribution in [1.29, 1.82) is 0 Å². The summed E-state index contributed by atoms with van der Waals surface area (Å²) in [5, 5.41) is 4.07. The van der Waals surface area contributed by atoms with Crippen LogP contribution in [0, 0.1) is 0 Å². The van der Waals surface area contributed by atoms with Gasteiger partial charge in [-0.1, -0.05) is 48.5 Å². The number of amides is 2. The van der Waals surface area contributed by atoms with Gasteiger partial charge in [-0.25, -0.2) is 0 Å². The third-order valence-corrected chi connectivity index (χ3v) is 7.92. The topological polar surface area (TPSA) is 112 Å². The van der Waals surface area contributed by atoms with Gasteiger partial charge in [-0.05, 0) is 25.8 Å². The Balaban J connectivity index is 1.46. The minimum absolute atomic E-state index is 0.0532. The van der Waals surface area contributed by atoms with Crippen molar-refractivity contribution in [3.05, 3.63) is 76.2 Å². The minimum Gasteiger partial charge on any atom is -0.493 e. The van der Waals surface area contributed by atoms with E-state index in [2.05, 4.69) is 5.32 Å². The summed E-state index contributed by atoms with van der Waals surface area (Å²) in [4.78, 5) is 55.1. The number of aromatic nitrogens is 2. The molecule has 220 valence electrons. The molecule has 1 aliphatic heterocycles. The zero-order valence-electron chi connectivity index (χ0n) is 24.2. The lowest BCUT2D eigenvalue weighted by molar-refractivity contribution is -0.133. The van der Waals surface area contributed by atoms with Crippen molar-refractivity contribution in [1.82, 2.24) is 19.4 Å². The van der Waals surface area contributed by atoms with Crippen LogP contribution in [0.25, 0.3) is 21.8 Å². The summed E-state index contributed by atoms with van der Waals surface area (Å²) in [7, 11) is 3.18. The van der Waals surface area contributed by atoms with E-state index >= 15 is 0 Å². The summed E-state index contributed by atoms with van der Waals surface area (Å²) < 4.78 is 14.2. The van der Waals surface area contributed by atoms with Gasteiger partial charge >= 0.3 is 0 Å². The summed E-state index contributed by atoms with van der Waals surface area (Å²) in [6, 6.07) is 16.1. The van der Waals surface area contributed by atoms with Gasteiger partial charge in [0.15, 0.2) is 17.2 Å². The maximum Gasteiger partial charge on any atom is 0.272 e. The van der Waals surface area contributed by atoms with Crippen LogP contribution in [0.15, 0.2) is 59.4 Å². The first-order valence-electron chi connectivity index (χ1n) is 14.3. The first-order valence-corrected chi connectivity index (χ1v) is 14.3. The SMILES string of the molecule is CCOCCC(=O)N1CCC(NC(=O)c2c(OC)c3c(=O)n(CC(=O)c4ccccc4)c4ccccc4c3n2C)CC1. The number of methoxy groups -OCH3 is 1. The average Bonchev–Trinajstić information content (AvgIpc) is 3.32. The Kier molecular flexibility index (Phi) is 8.72. The molecule has 1 N–H and O–H groups in total. The number of aryl methyl sites for hydroxylation is 1. The molecule has 2 aromatic heterocycles. The van der Waals surface area contributed by atoms with E-state index in [4.69, 9.17) is 9.47 Å². The average molecular weight is 573 g/mol. The van der Waals surface area contributed by atoms with Gasteiger partial charge in [0.1, 0.15) is 5.39 Å². The highest BCUT2D eigenvalue weighted by atomic mass is 16.5. The molecule has 0 bridgehead atoms. The zero-order chi connectivity index (χ0) is 29.8. The number of ether oxygens (including phenoxy) is 2. The number of para-hydroxylation sites is 1. The predicted octanol–water partition coefficient (Wildman–Crippen LogP) is 3.53. The van der Waals surface area contributed by atoms with Crippen molar-refractivity contribution in [2.24, 2.45) is 7.05 Å². The lowest BCUT2D eigenvalue weighted by Gasteiger charge is -2.32. The largest absolute Gasteiger partial charge is 0.493 e. The Morgan fingerprint density at radius 2 is 1.69 bits per heavy atom. The van der Waals surface area contributed by atoms with Gasteiger partial charge in [0, 0.05) is 43.7 Å². The molecule has 10 nitrogen and oxygen atoms in total. The number of ketones is 1. The van der Waals surface area contributed by atoms with Gasteiger partial charge < -0.3 is 24.3 Å². The Bertz CT molecular complexity index is 1680. The first-order chi connectivity index (χ1) is 20.3. The number of fused-ring (bicyclic) bond motifs is 3. The number of hydrogen-bond donors (Lipinski definition) is 1. The molecule has 0 unspecified atom stereocenters. The highest BCUT2D eigenvalue weighted by Crippen LogP contribution is 2.35. The number of pyridine rings is 1. The van der Waals surface area contributed by atoms with E-state index in [0.717, 1.165) is 5.39 Å². The second-order valence-electron chi connectivity index (χ2n) is 10.4. The molecular formula is C32H36N4O6. The summed E-state index contributed by atoms with van der Waals surface area (Å²) in [6.07, 6.45) is 1.59. The number of carbonyl (C=O) groups excluding carboxylic acids is 3. The van der Waals surface area contributed by atoms with Crippen molar-refractivity contribution in [3.63, 3.8) is 0 Å². The van der Waals surface area contributed by atoms with E-state index in [9.17, 15) is 19.2 Å². The number of likely N-dealkylation sites (tertiary alicyclic amines) is 1. The zero-order valence-corrected chi connectivity index (χ0v) is 24.2. The van der Waals surface area contributed by atoms with Crippen molar-refractivity contribution in [2.45, 2.75) is 38.8 Å². The third-order valence-electron chi connectivity index (χ3n) is 7.92. The van der Waals surface area contributed by atoms with E-state index in [-0.39, 0.29) is 47.0 Å². The molecule has 0 radical (unpaired) electrons. The van der Waals surface area contributed by atoms with E-state index in [1.807, 2.05) is 36.1 Å². The molecule has 0 atom stereocenters. The molecule has 0 spiro atoms. The quantitative estimate of drug-likeness (QED) is 0.230. The van der Waals surface area contributed by atoms with Crippen LogP contribution in [0.4, 0.5) is 0 Å². The summed E-state index contributed by atoms with van der Waals surface area (Å²) in [6.45, 7) is 3.83. The summed E-state index contributed by atoms with van der Waals surface area (Å²) in [5.41, 5.74) is 1.50. The third kappa shape index (κ3) is 5.54. The molecule has 0 saturated carbocycles. The molecular weight excluding hydrogens is 536 g/mol. The fraction of sp³-hybridized carbons (Fsp3) is 0.375. The molecule has 10 heteroatoms. The van der Waals surface area contributed by atoms with Crippen LogP contribution in [0.3, 0.4) is 0 Å². The molecule has 1 saturated heterocycles. The minimum atomic E-state index is -0.404. The Labute approximate surface area is 243 Å². The highest BCUT2D eigenvalue weighted by Gasteiger charge is 2.30. The van der Waals surface area contributed by atoms with Gasteiger partial charge in [0.05, 0.1) is 37.7 Å².